The van der Waals surface area contributed by atoms with Gasteiger partial charge in [-0.05, 0) is 32.0 Å². The van der Waals surface area contributed by atoms with Gasteiger partial charge in [-0.3, -0.25) is 14.7 Å². The highest BCUT2D eigenvalue weighted by Gasteiger charge is 2.21. The van der Waals surface area contributed by atoms with E-state index in [-0.39, 0.29) is 18.1 Å². The lowest BCUT2D eigenvalue weighted by Gasteiger charge is -2.22. The number of fused-ring (bicyclic) bond motifs is 1. The number of pyridine rings is 1. The fourth-order valence-electron chi connectivity index (χ4n) is 3.00. The van der Waals surface area contributed by atoms with E-state index in [2.05, 4.69) is 15.2 Å². The summed E-state index contributed by atoms with van der Waals surface area (Å²) in [6.45, 7) is 6.15. The molecule has 1 aliphatic heterocycles. The molecule has 3 rings (SSSR count). The van der Waals surface area contributed by atoms with Gasteiger partial charge in [0.15, 0.2) is 0 Å². The predicted octanol–water partition coefficient (Wildman–Crippen LogP) is 2.25. The molecule has 1 N–H and O–H groups in total. The van der Waals surface area contributed by atoms with E-state index in [4.69, 9.17) is 9.47 Å². The first-order chi connectivity index (χ1) is 12.6. The van der Waals surface area contributed by atoms with E-state index in [1.165, 1.54) is 0 Å². The van der Waals surface area contributed by atoms with Crippen LogP contribution in [-0.2, 0) is 11.3 Å². The fourth-order valence-corrected chi connectivity index (χ4v) is 3.00. The Morgan fingerprint density at radius 3 is 3.04 bits per heavy atom. The molecule has 0 bridgehead atoms. The Bertz CT molecular complexity index is 723. The van der Waals surface area contributed by atoms with Crippen LogP contribution in [-0.4, -0.2) is 47.6 Å². The van der Waals surface area contributed by atoms with Gasteiger partial charge in [0.25, 0.3) is 0 Å². The summed E-state index contributed by atoms with van der Waals surface area (Å²) in [5, 5.41) is 2.94. The maximum Gasteiger partial charge on any atom is 0.234 e. The highest BCUT2D eigenvalue weighted by molar-refractivity contribution is 5.78. The van der Waals surface area contributed by atoms with Crippen LogP contribution in [0.25, 0.3) is 0 Å². The summed E-state index contributed by atoms with van der Waals surface area (Å²) in [4.78, 5) is 18.5. The number of hydrogen-bond acceptors (Lipinski definition) is 5. The van der Waals surface area contributed by atoms with E-state index < -0.39 is 0 Å². The van der Waals surface area contributed by atoms with Crippen molar-refractivity contribution in [2.75, 3.05) is 19.6 Å². The summed E-state index contributed by atoms with van der Waals surface area (Å²) < 4.78 is 11.7. The van der Waals surface area contributed by atoms with Gasteiger partial charge in [-0.1, -0.05) is 18.2 Å². The van der Waals surface area contributed by atoms with Gasteiger partial charge < -0.3 is 14.8 Å². The molecule has 0 saturated heterocycles. The quantitative estimate of drug-likeness (QED) is 0.861. The number of para-hydroxylation sites is 1. The minimum absolute atomic E-state index is 0.0155. The van der Waals surface area contributed by atoms with Crippen LogP contribution in [0.2, 0.25) is 0 Å². The van der Waals surface area contributed by atoms with Crippen molar-refractivity contribution in [2.24, 2.45) is 0 Å². The SMILES string of the molecule is CC(CNC(=O)CN1Cc2ccccc2OC(C)C1)Oc1cccnc1. The first-order valence-electron chi connectivity index (χ1n) is 8.90. The summed E-state index contributed by atoms with van der Waals surface area (Å²) in [6, 6.07) is 11.7. The molecule has 138 valence electrons. The summed E-state index contributed by atoms with van der Waals surface area (Å²) in [6.07, 6.45) is 3.27. The standard InChI is InChI=1S/C20H25N3O3/c1-15(25-18-7-5-9-21-11-18)10-22-20(24)14-23-12-16(2)26-19-8-4-3-6-17(19)13-23/h3-9,11,15-16H,10,12-14H2,1-2H3,(H,22,24). The normalized spacial score (nSPS) is 18.2. The molecule has 2 aromatic rings. The minimum Gasteiger partial charge on any atom is -0.489 e. The number of nitrogens with zero attached hydrogens (tertiary/aromatic N) is 2. The first kappa shape index (κ1) is 18.2. The monoisotopic (exact) mass is 355 g/mol. The Morgan fingerprint density at radius 2 is 2.23 bits per heavy atom. The molecule has 1 aliphatic rings. The number of carbonyl (C=O) groups excluding carboxylic acids is 1. The van der Waals surface area contributed by atoms with Crippen molar-refractivity contribution in [1.29, 1.82) is 0 Å². The lowest BCUT2D eigenvalue weighted by molar-refractivity contribution is -0.122. The number of benzene rings is 1. The van der Waals surface area contributed by atoms with Crippen LogP contribution in [0.5, 0.6) is 11.5 Å². The van der Waals surface area contributed by atoms with Crippen molar-refractivity contribution in [3.63, 3.8) is 0 Å². The van der Waals surface area contributed by atoms with E-state index in [9.17, 15) is 4.79 Å². The molecule has 0 saturated carbocycles. The van der Waals surface area contributed by atoms with Gasteiger partial charge >= 0.3 is 0 Å². The van der Waals surface area contributed by atoms with Crippen molar-refractivity contribution in [1.82, 2.24) is 15.2 Å². The number of ether oxygens (including phenoxy) is 2. The summed E-state index contributed by atoms with van der Waals surface area (Å²) in [5.74, 6) is 1.59. The van der Waals surface area contributed by atoms with Gasteiger partial charge in [-0.2, -0.15) is 0 Å². The maximum absolute atomic E-state index is 12.3. The van der Waals surface area contributed by atoms with Crippen molar-refractivity contribution in [3.8, 4) is 11.5 Å². The van der Waals surface area contributed by atoms with Gasteiger partial charge in [0, 0.05) is 24.8 Å². The second-order valence-electron chi connectivity index (χ2n) is 6.63. The molecule has 1 aromatic heterocycles. The summed E-state index contributed by atoms with van der Waals surface area (Å²) >= 11 is 0. The third kappa shape index (κ3) is 5.20. The molecule has 26 heavy (non-hydrogen) atoms. The van der Waals surface area contributed by atoms with Crippen LogP contribution >= 0.6 is 0 Å². The average Bonchev–Trinajstić information content (AvgIpc) is 2.78. The average molecular weight is 355 g/mol. The van der Waals surface area contributed by atoms with E-state index in [0.29, 0.717) is 31.9 Å². The van der Waals surface area contributed by atoms with E-state index in [1.807, 2.05) is 50.2 Å². The first-order valence-corrected chi connectivity index (χ1v) is 8.90. The van der Waals surface area contributed by atoms with Crippen LogP contribution in [0.1, 0.15) is 19.4 Å². The molecular formula is C20H25N3O3. The third-order valence-electron chi connectivity index (χ3n) is 4.14. The molecule has 6 nitrogen and oxygen atoms in total. The van der Waals surface area contributed by atoms with Crippen LogP contribution in [0, 0.1) is 0 Å². The molecule has 0 fully saturated rings. The van der Waals surface area contributed by atoms with Gasteiger partial charge in [-0.15, -0.1) is 0 Å². The zero-order valence-electron chi connectivity index (χ0n) is 15.2. The molecule has 1 aromatic carbocycles. The lowest BCUT2D eigenvalue weighted by Crippen LogP contribution is -2.42. The van der Waals surface area contributed by atoms with E-state index >= 15 is 0 Å². The molecule has 6 heteroatoms. The molecule has 2 heterocycles. The molecule has 0 aliphatic carbocycles. The Balaban J connectivity index is 1.48. The Kier molecular flexibility index (Phi) is 6.07. The number of carbonyl (C=O) groups is 1. The smallest absolute Gasteiger partial charge is 0.234 e. The van der Waals surface area contributed by atoms with Gasteiger partial charge in [0.2, 0.25) is 5.91 Å². The lowest BCUT2D eigenvalue weighted by atomic mass is 10.2. The minimum atomic E-state index is -0.129. The van der Waals surface area contributed by atoms with Gasteiger partial charge in [-0.25, -0.2) is 0 Å². The van der Waals surface area contributed by atoms with Crippen molar-refractivity contribution >= 4 is 5.91 Å². The Labute approximate surface area is 154 Å². The second-order valence-corrected chi connectivity index (χ2v) is 6.63. The van der Waals surface area contributed by atoms with E-state index in [1.54, 1.807) is 12.4 Å². The molecular weight excluding hydrogens is 330 g/mol. The van der Waals surface area contributed by atoms with Crippen LogP contribution in [0.15, 0.2) is 48.8 Å². The van der Waals surface area contributed by atoms with Crippen LogP contribution in [0.4, 0.5) is 0 Å². The largest absolute Gasteiger partial charge is 0.489 e. The van der Waals surface area contributed by atoms with Crippen molar-refractivity contribution in [2.45, 2.75) is 32.6 Å². The fraction of sp³-hybridized carbons (Fsp3) is 0.400. The number of nitrogens with one attached hydrogen (secondary N) is 1. The number of hydrogen-bond donors (Lipinski definition) is 1. The summed E-state index contributed by atoms with van der Waals surface area (Å²) in [5.41, 5.74) is 1.11. The van der Waals surface area contributed by atoms with Gasteiger partial charge in [0.1, 0.15) is 23.7 Å². The second kappa shape index (κ2) is 8.67. The topological polar surface area (TPSA) is 63.7 Å². The van der Waals surface area contributed by atoms with Crippen molar-refractivity contribution < 1.29 is 14.3 Å². The Morgan fingerprint density at radius 1 is 1.38 bits per heavy atom. The predicted molar refractivity (Wildman–Crippen MR) is 99.1 cm³/mol. The molecule has 2 unspecified atom stereocenters. The molecule has 1 amide bonds. The maximum atomic E-state index is 12.3. The highest BCUT2D eigenvalue weighted by atomic mass is 16.5. The number of rotatable bonds is 6. The van der Waals surface area contributed by atoms with Crippen molar-refractivity contribution in [3.05, 3.63) is 54.4 Å². The van der Waals surface area contributed by atoms with Gasteiger partial charge in [0.05, 0.1) is 19.3 Å². The highest BCUT2D eigenvalue weighted by Crippen LogP contribution is 2.24. The number of aromatic nitrogens is 1. The van der Waals surface area contributed by atoms with Crippen LogP contribution < -0.4 is 14.8 Å². The zero-order valence-corrected chi connectivity index (χ0v) is 15.2. The molecule has 0 radical (unpaired) electrons. The molecule has 2 atom stereocenters. The number of amides is 1. The van der Waals surface area contributed by atoms with E-state index in [0.717, 1.165) is 11.3 Å². The summed E-state index contributed by atoms with van der Waals surface area (Å²) in [7, 11) is 0. The van der Waals surface area contributed by atoms with Crippen LogP contribution in [0.3, 0.4) is 0 Å². The Hall–Kier alpha value is -2.60. The molecule has 0 spiro atoms. The zero-order chi connectivity index (χ0) is 18.4. The third-order valence-corrected chi connectivity index (χ3v) is 4.14.